The van der Waals surface area contributed by atoms with Gasteiger partial charge < -0.3 is 24.6 Å². The molecule has 0 spiro atoms. The van der Waals surface area contributed by atoms with Crippen LogP contribution in [0.25, 0.3) is 0 Å². The van der Waals surface area contributed by atoms with Crippen molar-refractivity contribution in [2.75, 3.05) is 62.9 Å². The van der Waals surface area contributed by atoms with Crippen LogP contribution in [0.4, 0.5) is 11.4 Å². The van der Waals surface area contributed by atoms with Gasteiger partial charge in [0.15, 0.2) is 6.61 Å². The summed E-state index contributed by atoms with van der Waals surface area (Å²) in [4.78, 5) is 30.3. The number of likely N-dealkylation sites (N-methyl/N-ethyl adjacent to an activating group) is 1. The highest BCUT2D eigenvalue weighted by molar-refractivity contribution is 7.98. The summed E-state index contributed by atoms with van der Waals surface area (Å²) in [5.41, 5.74) is 2.10. The zero-order valence-corrected chi connectivity index (χ0v) is 19.0. The minimum absolute atomic E-state index is 0.292. The molecule has 1 heterocycles. The Morgan fingerprint density at radius 1 is 1.06 bits per heavy atom. The van der Waals surface area contributed by atoms with Crippen molar-refractivity contribution in [3.8, 4) is 5.75 Å². The Morgan fingerprint density at radius 2 is 1.77 bits per heavy atom. The molecular formula is C23H29N3O4S. The van der Waals surface area contributed by atoms with E-state index in [9.17, 15) is 9.59 Å². The average molecular weight is 444 g/mol. The van der Waals surface area contributed by atoms with Crippen molar-refractivity contribution < 1.29 is 19.1 Å². The molecule has 2 aromatic carbocycles. The van der Waals surface area contributed by atoms with Crippen LogP contribution >= 0.6 is 11.8 Å². The van der Waals surface area contributed by atoms with Crippen LogP contribution in [0.2, 0.25) is 0 Å². The Balaban J connectivity index is 1.50. The lowest BCUT2D eigenvalue weighted by atomic mass is 10.2. The number of benzene rings is 2. The van der Waals surface area contributed by atoms with E-state index >= 15 is 0 Å². The van der Waals surface area contributed by atoms with Crippen molar-refractivity contribution in [2.45, 2.75) is 11.8 Å². The Hall–Kier alpha value is -2.71. The second-order valence-electron chi connectivity index (χ2n) is 7.16. The summed E-state index contributed by atoms with van der Waals surface area (Å²) in [6, 6.07) is 13.0. The predicted octanol–water partition coefficient (Wildman–Crippen LogP) is 3.35. The standard InChI is InChI=1S/C23H29N3O4S/c1-4-25-11-13-26(14-12-25)18-7-5-17(6-8-18)24-22(27)16-30-23(28)20-10-9-19(31-3)15-21(20)29-2/h5-10,15H,4,11-14,16H2,1-3H3,(H,24,27). The molecule has 1 aliphatic heterocycles. The van der Waals surface area contributed by atoms with Gasteiger partial charge in [0.1, 0.15) is 11.3 Å². The van der Waals surface area contributed by atoms with Gasteiger partial charge >= 0.3 is 5.97 Å². The van der Waals surface area contributed by atoms with Gasteiger partial charge in [0.05, 0.1) is 7.11 Å². The summed E-state index contributed by atoms with van der Waals surface area (Å²) in [6.45, 7) is 7.01. The lowest BCUT2D eigenvalue weighted by Gasteiger charge is -2.35. The van der Waals surface area contributed by atoms with Gasteiger partial charge in [0, 0.05) is 42.4 Å². The summed E-state index contributed by atoms with van der Waals surface area (Å²) >= 11 is 1.55. The van der Waals surface area contributed by atoms with Gasteiger partial charge in [-0.2, -0.15) is 0 Å². The zero-order chi connectivity index (χ0) is 22.2. The van der Waals surface area contributed by atoms with Gasteiger partial charge in [-0.05, 0) is 55.3 Å². The number of amides is 1. The third-order valence-corrected chi connectivity index (χ3v) is 6.02. The molecule has 0 saturated carbocycles. The summed E-state index contributed by atoms with van der Waals surface area (Å²) in [5, 5.41) is 2.76. The van der Waals surface area contributed by atoms with Crippen molar-refractivity contribution >= 4 is 35.0 Å². The van der Waals surface area contributed by atoms with Gasteiger partial charge in [-0.15, -0.1) is 11.8 Å². The van der Waals surface area contributed by atoms with E-state index in [-0.39, 0.29) is 6.61 Å². The van der Waals surface area contributed by atoms with Gasteiger partial charge in [-0.3, -0.25) is 4.79 Å². The number of carbonyl (C=O) groups is 2. The topological polar surface area (TPSA) is 71.1 Å². The van der Waals surface area contributed by atoms with Crippen molar-refractivity contribution in [1.82, 2.24) is 4.90 Å². The number of carbonyl (C=O) groups excluding carboxylic acids is 2. The first-order chi connectivity index (χ1) is 15.0. The van der Waals surface area contributed by atoms with E-state index in [1.807, 2.05) is 36.6 Å². The molecule has 0 radical (unpaired) electrons. The highest BCUT2D eigenvalue weighted by Gasteiger charge is 2.17. The Kier molecular flexibility index (Phi) is 8.20. The molecule has 2 aromatic rings. The molecule has 31 heavy (non-hydrogen) atoms. The molecule has 1 aliphatic rings. The van der Waals surface area contributed by atoms with Gasteiger partial charge in [0.25, 0.3) is 5.91 Å². The largest absolute Gasteiger partial charge is 0.496 e. The lowest BCUT2D eigenvalue weighted by Crippen LogP contribution is -2.46. The van der Waals surface area contributed by atoms with Crippen LogP contribution in [0, 0.1) is 0 Å². The highest BCUT2D eigenvalue weighted by atomic mass is 32.2. The first-order valence-electron chi connectivity index (χ1n) is 10.3. The Bertz CT molecular complexity index is 896. The maximum atomic E-state index is 12.3. The van der Waals surface area contributed by atoms with Crippen LogP contribution < -0.4 is 15.0 Å². The molecule has 1 saturated heterocycles. The van der Waals surface area contributed by atoms with Crippen molar-refractivity contribution in [3.63, 3.8) is 0 Å². The lowest BCUT2D eigenvalue weighted by molar-refractivity contribution is -0.119. The summed E-state index contributed by atoms with van der Waals surface area (Å²) in [5.74, 6) is -0.564. The molecule has 0 aliphatic carbocycles. The van der Waals surface area contributed by atoms with Crippen LogP contribution in [-0.4, -0.2) is 69.5 Å². The minimum atomic E-state index is -0.596. The maximum absolute atomic E-state index is 12.3. The SMILES string of the molecule is CCN1CCN(c2ccc(NC(=O)COC(=O)c3ccc(SC)cc3OC)cc2)CC1. The van der Waals surface area contributed by atoms with E-state index in [2.05, 4.69) is 22.0 Å². The number of rotatable bonds is 8. The number of esters is 1. The molecule has 0 unspecified atom stereocenters. The van der Waals surface area contributed by atoms with E-state index < -0.39 is 11.9 Å². The van der Waals surface area contributed by atoms with Crippen LogP contribution in [-0.2, 0) is 9.53 Å². The number of hydrogen-bond acceptors (Lipinski definition) is 7. The first-order valence-corrected chi connectivity index (χ1v) is 11.5. The Morgan fingerprint density at radius 3 is 2.39 bits per heavy atom. The van der Waals surface area contributed by atoms with Crippen LogP contribution in [0.15, 0.2) is 47.4 Å². The molecule has 1 fully saturated rings. The van der Waals surface area contributed by atoms with Gasteiger partial charge in [-0.25, -0.2) is 4.79 Å². The second-order valence-corrected chi connectivity index (χ2v) is 8.04. The fraction of sp³-hybridized carbons (Fsp3) is 0.391. The number of thioether (sulfide) groups is 1. The molecule has 7 nitrogen and oxygen atoms in total. The summed E-state index contributed by atoms with van der Waals surface area (Å²) < 4.78 is 10.4. The number of ether oxygens (including phenoxy) is 2. The molecule has 1 N–H and O–H groups in total. The Labute approximate surface area is 187 Å². The van der Waals surface area contributed by atoms with Crippen LogP contribution in [0.3, 0.4) is 0 Å². The van der Waals surface area contributed by atoms with E-state index in [4.69, 9.17) is 9.47 Å². The third kappa shape index (κ3) is 6.15. The number of anilines is 2. The smallest absolute Gasteiger partial charge is 0.342 e. The molecule has 1 amide bonds. The molecular weight excluding hydrogens is 414 g/mol. The molecule has 0 bridgehead atoms. The molecule has 0 aromatic heterocycles. The van der Waals surface area contributed by atoms with E-state index in [1.54, 1.807) is 23.9 Å². The highest BCUT2D eigenvalue weighted by Crippen LogP contribution is 2.26. The molecule has 166 valence electrons. The average Bonchev–Trinajstić information content (AvgIpc) is 2.82. The normalized spacial score (nSPS) is 14.2. The zero-order valence-electron chi connectivity index (χ0n) is 18.2. The number of piperazine rings is 1. The predicted molar refractivity (Wildman–Crippen MR) is 124 cm³/mol. The van der Waals surface area contributed by atoms with Crippen molar-refractivity contribution in [1.29, 1.82) is 0 Å². The minimum Gasteiger partial charge on any atom is -0.496 e. The second kappa shape index (κ2) is 11.1. The van der Waals surface area contributed by atoms with E-state index in [0.717, 1.165) is 43.3 Å². The quantitative estimate of drug-likeness (QED) is 0.496. The fourth-order valence-corrected chi connectivity index (χ4v) is 3.88. The van der Waals surface area contributed by atoms with E-state index in [0.29, 0.717) is 17.0 Å². The van der Waals surface area contributed by atoms with Crippen molar-refractivity contribution in [3.05, 3.63) is 48.0 Å². The van der Waals surface area contributed by atoms with Crippen LogP contribution in [0.5, 0.6) is 5.75 Å². The number of hydrogen-bond donors (Lipinski definition) is 1. The molecule has 8 heteroatoms. The fourth-order valence-electron chi connectivity index (χ4n) is 3.45. The van der Waals surface area contributed by atoms with Gasteiger partial charge in [-0.1, -0.05) is 6.92 Å². The van der Waals surface area contributed by atoms with Crippen LogP contribution in [0.1, 0.15) is 17.3 Å². The first kappa shape index (κ1) is 23.0. The summed E-state index contributed by atoms with van der Waals surface area (Å²) in [6.07, 6.45) is 1.94. The molecule has 0 atom stereocenters. The number of nitrogens with one attached hydrogen (secondary N) is 1. The van der Waals surface area contributed by atoms with Crippen molar-refractivity contribution in [2.24, 2.45) is 0 Å². The number of methoxy groups -OCH3 is 1. The third-order valence-electron chi connectivity index (χ3n) is 5.30. The summed E-state index contributed by atoms with van der Waals surface area (Å²) in [7, 11) is 1.50. The maximum Gasteiger partial charge on any atom is 0.342 e. The van der Waals surface area contributed by atoms with E-state index in [1.165, 1.54) is 7.11 Å². The van der Waals surface area contributed by atoms with Gasteiger partial charge in [0.2, 0.25) is 0 Å². The molecule has 3 rings (SSSR count). The monoisotopic (exact) mass is 443 g/mol. The number of nitrogens with zero attached hydrogens (tertiary/aromatic N) is 2.